The fraction of sp³-hybridized carbons (Fsp3) is 0.571. The van der Waals surface area contributed by atoms with Gasteiger partial charge < -0.3 is 10.1 Å². The Balaban J connectivity index is 2.28. The lowest BCUT2D eigenvalue weighted by molar-refractivity contribution is 0.147. The first-order valence-corrected chi connectivity index (χ1v) is 6.09. The maximum absolute atomic E-state index is 5.30. The number of hydrogen-bond acceptors (Lipinski definition) is 2. The van der Waals surface area contributed by atoms with Crippen molar-refractivity contribution in [3.63, 3.8) is 0 Å². The molecule has 0 amide bonds. The molecule has 0 saturated carbocycles. The van der Waals surface area contributed by atoms with Crippen LogP contribution in [0.1, 0.15) is 25.0 Å². The Morgan fingerprint density at radius 3 is 2.75 bits per heavy atom. The summed E-state index contributed by atoms with van der Waals surface area (Å²) in [5, 5.41) is 3.47. The molecule has 0 aromatic heterocycles. The maximum Gasteiger partial charge on any atom is 0.0590 e. The van der Waals surface area contributed by atoms with Crippen LogP contribution in [0.2, 0.25) is 0 Å². The molecule has 0 saturated heterocycles. The molecule has 1 aromatic carbocycles. The third-order valence-corrected chi connectivity index (χ3v) is 2.73. The fourth-order valence-corrected chi connectivity index (χ4v) is 1.76. The summed E-state index contributed by atoms with van der Waals surface area (Å²) in [6.07, 6.45) is 1.08. The van der Waals surface area contributed by atoms with Gasteiger partial charge in [-0.1, -0.05) is 24.3 Å². The van der Waals surface area contributed by atoms with E-state index in [4.69, 9.17) is 4.74 Å². The molecule has 0 aliphatic heterocycles. The molecule has 0 aliphatic carbocycles. The first-order valence-electron chi connectivity index (χ1n) is 6.09. The molecule has 0 bridgehead atoms. The lowest BCUT2D eigenvalue weighted by Gasteiger charge is -2.15. The zero-order valence-electron chi connectivity index (χ0n) is 10.6. The first-order chi connectivity index (χ1) is 7.74. The van der Waals surface area contributed by atoms with Gasteiger partial charge in [-0.2, -0.15) is 0 Å². The highest BCUT2D eigenvalue weighted by Gasteiger charge is 2.04. The summed E-state index contributed by atoms with van der Waals surface area (Å²) in [5.41, 5.74) is 2.81. The third kappa shape index (κ3) is 4.77. The first kappa shape index (κ1) is 13.2. The van der Waals surface area contributed by atoms with E-state index in [-0.39, 0.29) is 0 Å². The highest BCUT2D eigenvalue weighted by atomic mass is 16.5. The number of rotatable bonds is 7. The molecular weight excluding hydrogens is 198 g/mol. The Morgan fingerprint density at radius 1 is 1.31 bits per heavy atom. The van der Waals surface area contributed by atoms with Crippen LogP contribution >= 0.6 is 0 Å². The van der Waals surface area contributed by atoms with Crippen molar-refractivity contribution < 1.29 is 4.74 Å². The second-order valence-electron chi connectivity index (χ2n) is 4.18. The number of aryl methyl sites for hydroxylation is 1. The number of hydrogen-bond donors (Lipinski definition) is 1. The standard InChI is InChI=1S/C14H23NO/c1-4-16-10-9-15-13(3)11-14-8-6-5-7-12(14)2/h5-8,13,15H,4,9-11H2,1-3H3. The molecule has 0 spiro atoms. The predicted molar refractivity (Wildman–Crippen MR) is 68.8 cm³/mol. The van der Waals surface area contributed by atoms with Gasteiger partial charge in [-0.3, -0.25) is 0 Å². The SMILES string of the molecule is CCOCCNC(C)Cc1ccccc1C. The second-order valence-corrected chi connectivity index (χ2v) is 4.18. The van der Waals surface area contributed by atoms with Crippen LogP contribution in [0, 0.1) is 6.92 Å². The summed E-state index contributed by atoms with van der Waals surface area (Å²) in [4.78, 5) is 0. The van der Waals surface area contributed by atoms with E-state index in [0.29, 0.717) is 6.04 Å². The Morgan fingerprint density at radius 2 is 2.06 bits per heavy atom. The third-order valence-electron chi connectivity index (χ3n) is 2.73. The topological polar surface area (TPSA) is 21.3 Å². The van der Waals surface area contributed by atoms with Gasteiger partial charge in [0.25, 0.3) is 0 Å². The van der Waals surface area contributed by atoms with Crippen molar-refractivity contribution in [1.29, 1.82) is 0 Å². The van der Waals surface area contributed by atoms with Crippen LogP contribution in [0.3, 0.4) is 0 Å². The van der Waals surface area contributed by atoms with E-state index in [9.17, 15) is 0 Å². The van der Waals surface area contributed by atoms with Crippen LogP contribution in [0.15, 0.2) is 24.3 Å². The summed E-state index contributed by atoms with van der Waals surface area (Å²) in [6, 6.07) is 9.07. The molecule has 90 valence electrons. The molecule has 0 heterocycles. The molecule has 16 heavy (non-hydrogen) atoms. The van der Waals surface area contributed by atoms with Crippen molar-refractivity contribution in [3.05, 3.63) is 35.4 Å². The zero-order chi connectivity index (χ0) is 11.8. The van der Waals surface area contributed by atoms with Crippen molar-refractivity contribution >= 4 is 0 Å². The van der Waals surface area contributed by atoms with Crippen molar-refractivity contribution in [3.8, 4) is 0 Å². The number of benzene rings is 1. The van der Waals surface area contributed by atoms with E-state index in [2.05, 4.69) is 43.4 Å². The van der Waals surface area contributed by atoms with Crippen LogP contribution in [-0.2, 0) is 11.2 Å². The van der Waals surface area contributed by atoms with Gasteiger partial charge in [0, 0.05) is 19.2 Å². The van der Waals surface area contributed by atoms with Crippen LogP contribution in [0.25, 0.3) is 0 Å². The van der Waals surface area contributed by atoms with Crippen molar-refractivity contribution in [1.82, 2.24) is 5.32 Å². The fourth-order valence-electron chi connectivity index (χ4n) is 1.76. The van der Waals surface area contributed by atoms with Crippen LogP contribution in [0.5, 0.6) is 0 Å². The summed E-state index contributed by atoms with van der Waals surface area (Å²) >= 11 is 0. The van der Waals surface area contributed by atoms with Crippen LogP contribution < -0.4 is 5.32 Å². The molecule has 2 heteroatoms. The minimum absolute atomic E-state index is 0.501. The van der Waals surface area contributed by atoms with Gasteiger partial charge in [0.05, 0.1) is 6.61 Å². The minimum atomic E-state index is 0.501. The zero-order valence-corrected chi connectivity index (χ0v) is 10.6. The van der Waals surface area contributed by atoms with E-state index in [0.717, 1.165) is 26.2 Å². The largest absolute Gasteiger partial charge is 0.380 e. The minimum Gasteiger partial charge on any atom is -0.380 e. The van der Waals surface area contributed by atoms with Crippen molar-refractivity contribution in [2.24, 2.45) is 0 Å². The van der Waals surface area contributed by atoms with Crippen molar-refractivity contribution in [2.45, 2.75) is 33.2 Å². The number of nitrogens with one attached hydrogen (secondary N) is 1. The van der Waals surface area contributed by atoms with Crippen LogP contribution in [0.4, 0.5) is 0 Å². The summed E-state index contributed by atoms with van der Waals surface area (Å²) < 4.78 is 5.30. The number of ether oxygens (including phenoxy) is 1. The Kier molecular flexibility index (Phi) is 6.12. The smallest absolute Gasteiger partial charge is 0.0590 e. The van der Waals surface area contributed by atoms with E-state index < -0.39 is 0 Å². The highest BCUT2D eigenvalue weighted by molar-refractivity contribution is 5.26. The van der Waals surface area contributed by atoms with Gasteiger partial charge in [0.1, 0.15) is 0 Å². The lowest BCUT2D eigenvalue weighted by Crippen LogP contribution is -2.31. The van der Waals surface area contributed by atoms with Gasteiger partial charge in [0.2, 0.25) is 0 Å². The predicted octanol–water partition coefficient (Wildman–Crippen LogP) is 2.55. The Hall–Kier alpha value is -0.860. The Bertz CT molecular complexity index is 299. The normalized spacial score (nSPS) is 12.7. The molecule has 1 atom stereocenters. The highest BCUT2D eigenvalue weighted by Crippen LogP contribution is 2.09. The summed E-state index contributed by atoms with van der Waals surface area (Å²) in [6.45, 7) is 8.95. The average Bonchev–Trinajstić information content (AvgIpc) is 2.28. The van der Waals surface area contributed by atoms with Gasteiger partial charge in [-0.05, 0) is 38.3 Å². The molecule has 1 unspecified atom stereocenters. The van der Waals surface area contributed by atoms with Gasteiger partial charge in [-0.15, -0.1) is 0 Å². The van der Waals surface area contributed by atoms with E-state index in [1.165, 1.54) is 11.1 Å². The van der Waals surface area contributed by atoms with E-state index >= 15 is 0 Å². The molecule has 0 aliphatic rings. The lowest BCUT2D eigenvalue weighted by atomic mass is 10.0. The molecule has 0 radical (unpaired) electrons. The molecule has 2 nitrogen and oxygen atoms in total. The van der Waals surface area contributed by atoms with E-state index in [1.807, 2.05) is 6.92 Å². The quantitative estimate of drug-likeness (QED) is 0.714. The Labute approximate surface area is 99.0 Å². The van der Waals surface area contributed by atoms with E-state index in [1.54, 1.807) is 0 Å². The summed E-state index contributed by atoms with van der Waals surface area (Å²) in [7, 11) is 0. The van der Waals surface area contributed by atoms with Gasteiger partial charge in [0.15, 0.2) is 0 Å². The molecule has 1 rings (SSSR count). The van der Waals surface area contributed by atoms with Gasteiger partial charge in [-0.25, -0.2) is 0 Å². The monoisotopic (exact) mass is 221 g/mol. The molecule has 0 fully saturated rings. The molecular formula is C14H23NO. The molecule has 1 aromatic rings. The van der Waals surface area contributed by atoms with Crippen LogP contribution in [-0.4, -0.2) is 25.8 Å². The summed E-state index contributed by atoms with van der Waals surface area (Å²) in [5.74, 6) is 0. The average molecular weight is 221 g/mol. The second kappa shape index (κ2) is 7.42. The van der Waals surface area contributed by atoms with Gasteiger partial charge >= 0.3 is 0 Å². The maximum atomic E-state index is 5.30. The van der Waals surface area contributed by atoms with Crippen molar-refractivity contribution in [2.75, 3.05) is 19.8 Å². The molecule has 1 N–H and O–H groups in total.